The van der Waals surface area contributed by atoms with Gasteiger partial charge < -0.3 is 20.1 Å². The summed E-state index contributed by atoms with van der Waals surface area (Å²) in [5.74, 6) is 0.266. The summed E-state index contributed by atoms with van der Waals surface area (Å²) in [5.41, 5.74) is -0.265. The molecule has 0 aliphatic heterocycles. The molecular formula is C9H15N3O3. The zero-order valence-electron chi connectivity index (χ0n) is 8.56. The lowest BCUT2D eigenvalue weighted by molar-refractivity contribution is 0.0615. The number of aromatic nitrogens is 2. The maximum absolute atomic E-state index is 11.2. The summed E-state index contributed by atoms with van der Waals surface area (Å²) in [5, 5.41) is 12.2. The molecule has 1 rings (SSSR count). The number of nitrogens with zero attached hydrogens (tertiary/aromatic N) is 1. The number of hydrogen-bond donors (Lipinski definition) is 3. The van der Waals surface area contributed by atoms with E-state index in [9.17, 15) is 9.90 Å². The van der Waals surface area contributed by atoms with Crippen molar-refractivity contribution in [2.75, 3.05) is 25.6 Å². The second-order valence-corrected chi connectivity index (χ2v) is 3.09. The van der Waals surface area contributed by atoms with E-state index < -0.39 is 6.10 Å². The second kappa shape index (κ2) is 6.15. The van der Waals surface area contributed by atoms with Crippen LogP contribution in [0.1, 0.15) is 6.42 Å². The molecule has 3 N–H and O–H groups in total. The summed E-state index contributed by atoms with van der Waals surface area (Å²) >= 11 is 0. The van der Waals surface area contributed by atoms with Crippen LogP contribution >= 0.6 is 0 Å². The largest absolute Gasteiger partial charge is 0.391 e. The van der Waals surface area contributed by atoms with Gasteiger partial charge in [0.1, 0.15) is 0 Å². The smallest absolute Gasteiger partial charge is 0.290 e. The molecule has 1 atom stereocenters. The number of rotatable bonds is 6. The molecule has 1 aromatic rings. The molecule has 0 aliphatic rings. The van der Waals surface area contributed by atoms with E-state index in [1.807, 2.05) is 0 Å². The Bertz CT molecular complexity index is 339. The lowest BCUT2D eigenvalue weighted by Crippen LogP contribution is -2.21. The van der Waals surface area contributed by atoms with Gasteiger partial charge >= 0.3 is 0 Å². The molecule has 0 bridgehead atoms. The van der Waals surface area contributed by atoms with E-state index in [4.69, 9.17) is 4.74 Å². The first kappa shape index (κ1) is 11.7. The summed E-state index contributed by atoms with van der Waals surface area (Å²) in [6.45, 7) is 0.769. The van der Waals surface area contributed by atoms with E-state index in [2.05, 4.69) is 15.3 Å². The molecule has 0 radical (unpaired) electrons. The molecule has 0 aromatic carbocycles. The Morgan fingerprint density at radius 3 is 3.20 bits per heavy atom. The van der Waals surface area contributed by atoms with Crippen molar-refractivity contribution in [3.63, 3.8) is 0 Å². The topological polar surface area (TPSA) is 87.2 Å². The van der Waals surface area contributed by atoms with Crippen LogP contribution in [0.25, 0.3) is 0 Å². The summed E-state index contributed by atoms with van der Waals surface area (Å²) in [6.07, 6.45) is 2.94. The number of aliphatic hydroxyl groups is 1. The first-order chi connectivity index (χ1) is 7.24. The summed E-state index contributed by atoms with van der Waals surface area (Å²) in [6, 6.07) is 0. The third-order valence-electron chi connectivity index (χ3n) is 1.84. The fraction of sp³-hybridized carbons (Fsp3) is 0.556. The average molecular weight is 213 g/mol. The van der Waals surface area contributed by atoms with Crippen LogP contribution in [0.2, 0.25) is 0 Å². The van der Waals surface area contributed by atoms with Crippen molar-refractivity contribution in [1.29, 1.82) is 0 Å². The predicted molar refractivity (Wildman–Crippen MR) is 55.8 cm³/mol. The molecule has 84 valence electrons. The summed E-state index contributed by atoms with van der Waals surface area (Å²) in [7, 11) is 1.53. The van der Waals surface area contributed by atoms with Gasteiger partial charge in [-0.1, -0.05) is 0 Å². The Morgan fingerprint density at radius 2 is 2.53 bits per heavy atom. The van der Waals surface area contributed by atoms with E-state index >= 15 is 0 Å². The van der Waals surface area contributed by atoms with Gasteiger partial charge in [-0.05, 0) is 6.42 Å². The van der Waals surface area contributed by atoms with Gasteiger partial charge in [-0.3, -0.25) is 4.79 Å². The van der Waals surface area contributed by atoms with Crippen molar-refractivity contribution < 1.29 is 9.84 Å². The number of ether oxygens (including phenoxy) is 1. The Kier molecular flexibility index (Phi) is 4.79. The number of aromatic amines is 1. The van der Waals surface area contributed by atoms with Gasteiger partial charge in [-0.2, -0.15) is 0 Å². The Morgan fingerprint density at radius 1 is 1.73 bits per heavy atom. The van der Waals surface area contributed by atoms with Crippen LogP contribution in [-0.4, -0.2) is 41.4 Å². The van der Waals surface area contributed by atoms with Gasteiger partial charge in [0.05, 0.1) is 12.7 Å². The van der Waals surface area contributed by atoms with Crippen LogP contribution in [0.5, 0.6) is 0 Å². The Hall–Kier alpha value is -1.40. The minimum atomic E-state index is -0.523. The van der Waals surface area contributed by atoms with E-state index in [1.165, 1.54) is 19.5 Å². The van der Waals surface area contributed by atoms with Crippen LogP contribution in [-0.2, 0) is 4.74 Å². The molecule has 0 fully saturated rings. The molecule has 0 saturated carbocycles. The van der Waals surface area contributed by atoms with Gasteiger partial charge in [-0.25, -0.2) is 4.98 Å². The zero-order valence-corrected chi connectivity index (χ0v) is 8.56. The lowest BCUT2D eigenvalue weighted by atomic mass is 10.3. The van der Waals surface area contributed by atoms with Gasteiger partial charge in [0, 0.05) is 26.0 Å². The van der Waals surface area contributed by atoms with Gasteiger partial charge in [0.25, 0.3) is 5.56 Å². The number of hydrogen-bond acceptors (Lipinski definition) is 5. The molecule has 6 heteroatoms. The van der Waals surface area contributed by atoms with Crippen molar-refractivity contribution in [1.82, 2.24) is 9.97 Å². The standard InChI is InChI=1S/C9H15N3O3/c1-15-6-7(13)2-3-10-8-9(14)12-5-4-11-8/h4-5,7,13H,2-3,6H2,1H3,(H,10,11)(H,12,14). The van der Waals surface area contributed by atoms with Crippen LogP contribution in [0.3, 0.4) is 0 Å². The molecule has 6 nitrogen and oxygen atoms in total. The predicted octanol–water partition coefficient (Wildman–Crippen LogP) is -0.421. The number of aliphatic hydroxyl groups excluding tert-OH is 1. The molecule has 1 aromatic heterocycles. The highest BCUT2D eigenvalue weighted by Gasteiger charge is 2.04. The monoisotopic (exact) mass is 213 g/mol. The van der Waals surface area contributed by atoms with E-state index in [0.717, 1.165) is 0 Å². The van der Waals surface area contributed by atoms with Crippen LogP contribution < -0.4 is 10.9 Å². The molecular weight excluding hydrogens is 198 g/mol. The maximum Gasteiger partial charge on any atom is 0.290 e. The van der Waals surface area contributed by atoms with Crippen LogP contribution in [0.15, 0.2) is 17.2 Å². The van der Waals surface area contributed by atoms with Crippen molar-refractivity contribution >= 4 is 5.82 Å². The first-order valence-electron chi connectivity index (χ1n) is 4.68. The minimum Gasteiger partial charge on any atom is -0.391 e. The summed E-state index contributed by atoms with van der Waals surface area (Å²) in [4.78, 5) is 17.5. The third kappa shape index (κ3) is 4.09. The zero-order chi connectivity index (χ0) is 11.1. The van der Waals surface area contributed by atoms with Gasteiger partial charge in [0.2, 0.25) is 0 Å². The molecule has 0 aliphatic carbocycles. The van der Waals surface area contributed by atoms with E-state index in [1.54, 1.807) is 0 Å². The molecule has 1 unspecified atom stereocenters. The van der Waals surface area contributed by atoms with E-state index in [0.29, 0.717) is 19.6 Å². The highest BCUT2D eigenvalue weighted by Crippen LogP contribution is 1.94. The van der Waals surface area contributed by atoms with Crippen LogP contribution in [0, 0.1) is 0 Å². The molecule has 0 amide bonds. The van der Waals surface area contributed by atoms with Gasteiger partial charge in [0.15, 0.2) is 5.82 Å². The second-order valence-electron chi connectivity index (χ2n) is 3.09. The van der Waals surface area contributed by atoms with E-state index in [-0.39, 0.29) is 11.4 Å². The number of H-pyrrole nitrogens is 1. The highest BCUT2D eigenvalue weighted by molar-refractivity contribution is 5.29. The highest BCUT2D eigenvalue weighted by atomic mass is 16.5. The van der Waals surface area contributed by atoms with Crippen molar-refractivity contribution in [2.45, 2.75) is 12.5 Å². The lowest BCUT2D eigenvalue weighted by Gasteiger charge is -2.09. The Labute approximate surface area is 87.3 Å². The quantitative estimate of drug-likeness (QED) is 0.597. The average Bonchev–Trinajstić information content (AvgIpc) is 2.21. The summed E-state index contributed by atoms with van der Waals surface area (Å²) < 4.78 is 4.77. The fourth-order valence-corrected chi connectivity index (χ4v) is 1.11. The number of anilines is 1. The molecule has 0 saturated heterocycles. The van der Waals surface area contributed by atoms with Crippen molar-refractivity contribution in [2.24, 2.45) is 0 Å². The fourth-order valence-electron chi connectivity index (χ4n) is 1.11. The normalized spacial score (nSPS) is 12.4. The molecule has 1 heterocycles. The molecule has 0 spiro atoms. The number of methoxy groups -OCH3 is 1. The van der Waals surface area contributed by atoms with Crippen LogP contribution in [0.4, 0.5) is 5.82 Å². The van der Waals surface area contributed by atoms with Crippen molar-refractivity contribution in [3.05, 3.63) is 22.7 Å². The third-order valence-corrected chi connectivity index (χ3v) is 1.84. The first-order valence-corrected chi connectivity index (χ1v) is 4.68. The minimum absolute atomic E-state index is 0.265. The number of nitrogens with one attached hydrogen (secondary N) is 2. The van der Waals surface area contributed by atoms with Crippen molar-refractivity contribution in [3.8, 4) is 0 Å². The Balaban J connectivity index is 2.32. The van der Waals surface area contributed by atoms with Gasteiger partial charge in [-0.15, -0.1) is 0 Å². The maximum atomic E-state index is 11.2. The SMILES string of the molecule is COCC(O)CCNc1ncc[nH]c1=O. The molecule has 15 heavy (non-hydrogen) atoms.